The average molecular weight is 168 g/mol. The van der Waals surface area contributed by atoms with Crippen LogP contribution in [0.25, 0.3) is 0 Å². The molecule has 0 unspecified atom stereocenters. The number of Topliss-reactive ketones (excluding diaryl/α,β-unsaturated/α-hetero) is 1. The minimum absolute atomic E-state index is 0.120. The van der Waals surface area contributed by atoms with E-state index < -0.39 is 5.60 Å². The van der Waals surface area contributed by atoms with E-state index in [2.05, 4.69) is 6.92 Å². The van der Waals surface area contributed by atoms with Crippen LogP contribution in [0, 0.1) is 0 Å². The monoisotopic (exact) mass is 168 g/mol. The molecule has 0 bridgehead atoms. The Labute approximate surface area is 73.6 Å². The first-order valence-electron chi connectivity index (χ1n) is 4.32. The van der Waals surface area contributed by atoms with Gasteiger partial charge in [-0.05, 0) is 46.1 Å². The topological polar surface area (TPSA) is 26.3 Å². The van der Waals surface area contributed by atoms with Gasteiger partial charge in [0.15, 0.2) is 11.4 Å². The Morgan fingerprint density at radius 1 is 1.50 bits per heavy atom. The van der Waals surface area contributed by atoms with Crippen LogP contribution in [0.2, 0.25) is 0 Å². The predicted molar refractivity (Wildman–Crippen MR) is 47.8 cm³/mol. The summed E-state index contributed by atoms with van der Waals surface area (Å²) in [5, 5.41) is 0. The molecule has 0 aliphatic carbocycles. The number of allylic oxidation sites excluding steroid dienone is 2. The second-order valence-electron chi connectivity index (χ2n) is 3.73. The van der Waals surface area contributed by atoms with Crippen LogP contribution < -0.4 is 0 Å². The highest BCUT2D eigenvalue weighted by atomic mass is 16.5. The van der Waals surface area contributed by atoms with Crippen molar-refractivity contribution in [3.8, 4) is 0 Å². The maximum absolute atomic E-state index is 11.2. The van der Waals surface area contributed by atoms with Gasteiger partial charge in [0.25, 0.3) is 0 Å². The molecule has 1 aliphatic heterocycles. The average Bonchev–Trinajstić information content (AvgIpc) is 1.97. The Balaban J connectivity index is 2.84. The molecular formula is C10H16O2. The second-order valence-corrected chi connectivity index (χ2v) is 3.73. The Bertz CT molecular complexity index is 240. The van der Waals surface area contributed by atoms with Gasteiger partial charge in [0.1, 0.15) is 0 Å². The van der Waals surface area contributed by atoms with Gasteiger partial charge in [-0.15, -0.1) is 0 Å². The normalized spacial score (nSPS) is 30.0. The van der Waals surface area contributed by atoms with Crippen molar-refractivity contribution in [1.82, 2.24) is 0 Å². The van der Waals surface area contributed by atoms with E-state index >= 15 is 0 Å². The molecule has 1 atom stereocenters. The van der Waals surface area contributed by atoms with Gasteiger partial charge in [-0.2, -0.15) is 0 Å². The van der Waals surface area contributed by atoms with Crippen LogP contribution in [0.5, 0.6) is 0 Å². The van der Waals surface area contributed by atoms with Crippen molar-refractivity contribution in [3.63, 3.8) is 0 Å². The largest absolute Gasteiger partial charge is 0.485 e. The molecule has 1 heterocycles. The van der Waals surface area contributed by atoms with Gasteiger partial charge in [0.2, 0.25) is 0 Å². The predicted octanol–water partition coefficient (Wildman–Crippen LogP) is 2.44. The first-order valence-corrected chi connectivity index (χ1v) is 4.32. The van der Waals surface area contributed by atoms with E-state index in [-0.39, 0.29) is 5.78 Å². The number of hydrogen-bond donors (Lipinski definition) is 0. The lowest BCUT2D eigenvalue weighted by Gasteiger charge is -2.33. The summed E-state index contributed by atoms with van der Waals surface area (Å²) in [7, 11) is 0. The van der Waals surface area contributed by atoms with E-state index in [9.17, 15) is 4.79 Å². The maximum atomic E-state index is 11.2. The Hall–Kier alpha value is -0.790. The molecule has 1 rings (SSSR count). The first-order chi connectivity index (χ1) is 5.46. The van der Waals surface area contributed by atoms with Crippen LogP contribution in [0.3, 0.4) is 0 Å². The summed E-state index contributed by atoms with van der Waals surface area (Å²) in [6, 6.07) is 0. The van der Waals surface area contributed by atoms with Gasteiger partial charge in [-0.1, -0.05) is 0 Å². The van der Waals surface area contributed by atoms with Crippen molar-refractivity contribution < 1.29 is 9.53 Å². The number of carbonyl (C=O) groups is 1. The maximum Gasteiger partial charge on any atom is 0.172 e. The number of ketones is 1. The molecule has 68 valence electrons. The van der Waals surface area contributed by atoms with Gasteiger partial charge in [-0.25, -0.2) is 0 Å². The third-order valence-corrected chi connectivity index (χ3v) is 2.70. The van der Waals surface area contributed by atoms with E-state index in [0.29, 0.717) is 0 Å². The highest BCUT2D eigenvalue weighted by Gasteiger charge is 2.34. The molecule has 0 N–H and O–H groups in total. The third-order valence-electron chi connectivity index (χ3n) is 2.70. The minimum atomic E-state index is -0.566. The molecule has 0 saturated carbocycles. The zero-order chi connectivity index (χ0) is 9.35. The summed E-state index contributed by atoms with van der Waals surface area (Å²) in [5.41, 5.74) is 0.692. The SMILES string of the molecule is CC(=O)[C@]1(C)CCC(C)=C(C)O1. The van der Waals surface area contributed by atoms with E-state index in [1.54, 1.807) is 6.92 Å². The molecule has 0 radical (unpaired) electrons. The molecule has 0 aromatic rings. The van der Waals surface area contributed by atoms with Crippen LogP contribution in [0.1, 0.15) is 40.5 Å². The van der Waals surface area contributed by atoms with Crippen molar-refractivity contribution in [1.29, 1.82) is 0 Å². The molecule has 0 fully saturated rings. The number of rotatable bonds is 1. The van der Waals surface area contributed by atoms with E-state index in [0.717, 1.165) is 18.6 Å². The molecule has 1 aliphatic rings. The fraction of sp³-hybridized carbons (Fsp3) is 0.700. The lowest BCUT2D eigenvalue weighted by Crippen LogP contribution is -2.38. The highest BCUT2D eigenvalue weighted by Crippen LogP contribution is 2.31. The van der Waals surface area contributed by atoms with Crippen LogP contribution in [0.15, 0.2) is 11.3 Å². The van der Waals surface area contributed by atoms with Crippen molar-refractivity contribution in [2.45, 2.75) is 46.1 Å². The summed E-state index contributed by atoms with van der Waals surface area (Å²) < 4.78 is 5.58. The zero-order valence-electron chi connectivity index (χ0n) is 8.23. The Morgan fingerprint density at radius 2 is 2.08 bits per heavy atom. The van der Waals surface area contributed by atoms with Crippen molar-refractivity contribution in [3.05, 3.63) is 11.3 Å². The Kier molecular flexibility index (Phi) is 2.27. The van der Waals surface area contributed by atoms with Crippen molar-refractivity contribution in [2.24, 2.45) is 0 Å². The van der Waals surface area contributed by atoms with Gasteiger partial charge < -0.3 is 4.74 Å². The van der Waals surface area contributed by atoms with Gasteiger partial charge >= 0.3 is 0 Å². The van der Waals surface area contributed by atoms with Crippen molar-refractivity contribution >= 4 is 5.78 Å². The van der Waals surface area contributed by atoms with Crippen LogP contribution in [-0.2, 0) is 9.53 Å². The molecule has 2 heteroatoms. The van der Waals surface area contributed by atoms with Crippen LogP contribution in [-0.4, -0.2) is 11.4 Å². The molecule has 0 amide bonds. The van der Waals surface area contributed by atoms with Crippen LogP contribution >= 0.6 is 0 Å². The standard InChI is InChI=1S/C10H16O2/c1-7-5-6-10(4,9(3)11)12-8(7)2/h5-6H2,1-4H3/t10-/m0/s1. The zero-order valence-corrected chi connectivity index (χ0v) is 8.23. The summed E-state index contributed by atoms with van der Waals surface area (Å²) in [6.07, 6.45) is 1.79. The quantitative estimate of drug-likeness (QED) is 0.601. The fourth-order valence-corrected chi connectivity index (χ4v) is 1.33. The smallest absolute Gasteiger partial charge is 0.172 e. The molecular weight excluding hydrogens is 152 g/mol. The molecule has 0 saturated heterocycles. The minimum Gasteiger partial charge on any atom is -0.485 e. The lowest BCUT2D eigenvalue weighted by molar-refractivity contribution is -0.137. The highest BCUT2D eigenvalue weighted by molar-refractivity contribution is 5.84. The number of ether oxygens (including phenoxy) is 1. The Morgan fingerprint density at radius 3 is 2.50 bits per heavy atom. The van der Waals surface area contributed by atoms with Crippen LogP contribution in [0.4, 0.5) is 0 Å². The van der Waals surface area contributed by atoms with E-state index in [4.69, 9.17) is 4.74 Å². The summed E-state index contributed by atoms with van der Waals surface area (Å²) in [6.45, 7) is 7.43. The fourth-order valence-electron chi connectivity index (χ4n) is 1.33. The van der Waals surface area contributed by atoms with Gasteiger partial charge in [-0.3, -0.25) is 4.79 Å². The molecule has 0 spiro atoms. The summed E-state index contributed by atoms with van der Waals surface area (Å²) in [4.78, 5) is 11.2. The van der Waals surface area contributed by atoms with Gasteiger partial charge in [0, 0.05) is 0 Å². The number of carbonyl (C=O) groups excluding carboxylic acids is 1. The van der Waals surface area contributed by atoms with E-state index in [1.165, 1.54) is 5.57 Å². The summed E-state index contributed by atoms with van der Waals surface area (Å²) in [5.74, 6) is 1.04. The van der Waals surface area contributed by atoms with E-state index in [1.807, 2.05) is 13.8 Å². The molecule has 0 aromatic heterocycles. The first kappa shape index (κ1) is 9.30. The lowest BCUT2D eigenvalue weighted by atomic mass is 9.90. The van der Waals surface area contributed by atoms with Crippen molar-refractivity contribution in [2.75, 3.05) is 0 Å². The van der Waals surface area contributed by atoms with Gasteiger partial charge in [0.05, 0.1) is 5.76 Å². The molecule has 0 aromatic carbocycles. The molecule has 2 nitrogen and oxygen atoms in total. The second kappa shape index (κ2) is 2.92. The summed E-state index contributed by atoms with van der Waals surface area (Å²) >= 11 is 0. The number of hydrogen-bond acceptors (Lipinski definition) is 2. The molecule has 12 heavy (non-hydrogen) atoms. The third kappa shape index (κ3) is 1.52.